The lowest BCUT2D eigenvalue weighted by Crippen LogP contribution is -2.35. The molecule has 0 saturated carbocycles. The van der Waals surface area contributed by atoms with Gasteiger partial charge in [-0.25, -0.2) is 8.42 Å². The van der Waals surface area contributed by atoms with Crippen molar-refractivity contribution in [1.29, 1.82) is 0 Å². The van der Waals surface area contributed by atoms with E-state index in [0.29, 0.717) is 24.7 Å². The van der Waals surface area contributed by atoms with Crippen LogP contribution < -0.4 is 10.5 Å². The van der Waals surface area contributed by atoms with Crippen LogP contribution in [-0.2, 0) is 16.9 Å². The molecule has 2 aromatic rings. The predicted molar refractivity (Wildman–Crippen MR) is 105 cm³/mol. The Labute approximate surface area is 162 Å². The summed E-state index contributed by atoms with van der Waals surface area (Å²) in [7, 11) is -2.04. The number of ketones is 1. The molecule has 1 saturated heterocycles. The highest BCUT2D eigenvalue weighted by molar-refractivity contribution is 7.90. The number of H-pyrrole nitrogens is 1. The number of halogens is 1. The number of carbonyl (C=O) groups excluding carboxylic acids is 1. The van der Waals surface area contributed by atoms with Gasteiger partial charge in [-0.15, -0.1) is 0 Å². The van der Waals surface area contributed by atoms with E-state index in [9.17, 15) is 18.0 Å². The van der Waals surface area contributed by atoms with E-state index >= 15 is 0 Å². The van der Waals surface area contributed by atoms with Gasteiger partial charge < -0.3 is 10.00 Å². The van der Waals surface area contributed by atoms with Crippen molar-refractivity contribution in [3.05, 3.63) is 44.8 Å². The topological polar surface area (TPSA) is 92.2 Å². The van der Waals surface area contributed by atoms with Crippen molar-refractivity contribution >= 4 is 32.9 Å². The summed E-state index contributed by atoms with van der Waals surface area (Å²) in [6.45, 7) is 3.42. The monoisotopic (exact) mass is 411 g/mol. The molecule has 0 radical (unpaired) electrons. The molecule has 0 bridgehead atoms. The first-order chi connectivity index (χ1) is 12.6. The van der Waals surface area contributed by atoms with E-state index in [2.05, 4.69) is 12.0 Å². The van der Waals surface area contributed by atoms with Crippen LogP contribution in [0, 0.1) is 5.92 Å². The number of piperidine rings is 1. The number of nitrogens with one attached hydrogen (secondary N) is 1. The van der Waals surface area contributed by atoms with Crippen molar-refractivity contribution in [2.75, 3.05) is 24.2 Å². The lowest BCUT2D eigenvalue weighted by atomic mass is 9.98. The van der Waals surface area contributed by atoms with Crippen LogP contribution >= 0.6 is 11.6 Å². The van der Waals surface area contributed by atoms with Gasteiger partial charge in [0.15, 0.2) is 9.84 Å². The third-order valence-corrected chi connectivity index (χ3v) is 6.39. The lowest BCUT2D eigenvalue weighted by molar-refractivity contribution is 0.103. The summed E-state index contributed by atoms with van der Waals surface area (Å²) in [5, 5.41) is 2.73. The highest BCUT2D eigenvalue weighted by Crippen LogP contribution is 2.38. The minimum atomic E-state index is -3.54. The second kappa shape index (κ2) is 7.16. The third kappa shape index (κ3) is 3.68. The number of rotatable bonds is 4. The molecule has 7 nitrogen and oxygen atoms in total. The molecule has 146 valence electrons. The predicted octanol–water partition coefficient (Wildman–Crippen LogP) is 2.24. The molecule has 3 rings (SSSR count). The molecule has 1 fully saturated rings. The Kier molecular flexibility index (Phi) is 5.22. The largest absolute Gasteiger partial charge is 0.369 e. The molecular formula is C18H22ClN3O4S. The summed E-state index contributed by atoms with van der Waals surface area (Å²) in [4.78, 5) is 27.0. The maximum atomic E-state index is 12.9. The summed E-state index contributed by atoms with van der Waals surface area (Å²) in [5.74, 6) is -0.147. The van der Waals surface area contributed by atoms with Crippen molar-refractivity contribution in [1.82, 2.24) is 9.78 Å². The molecular weight excluding hydrogens is 390 g/mol. The average molecular weight is 412 g/mol. The molecule has 1 aromatic carbocycles. The van der Waals surface area contributed by atoms with Crippen LogP contribution in [0.1, 0.15) is 35.7 Å². The molecule has 0 amide bonds. The molecule has 1 unspecified atom stereocenters. The Morgan fingerprint density at radius 2 is 2.00 bits per heavy atom. The maximum Gasteiger partial charge on any atom is 0.277 e. The Balaban J connectivity index is 2.18. The highest BCUT2D eigenvalue weighted by atomic mass is 35.5. The quantitative estimate of drug-likeness (QED) is 0.779. The van der Waals surface area contributed by atoms with Crippen LogP contribution in [0.5, 0.6) is 0 Å². The summed E-state index contributed by atoms with van der Waals surface area (Å²) in [6, 6.07) is 2.78. The van der Waals surface area contributed by atoms with E-state index in [1.807, 2.05) is 4.90 Å². The number of aromatic amines is 1. The summed E-state index contributed by atoms with van der Waals surface area (Å²) < 4.78 is 25.8. The third-order valence-electron chi connectivity index (χ3n) is 4.88. The van der Waals surface area contributed by atoms with Crippen molar-refractivity contribution in [3.8, 4) is 0 Å². The zero-order valence-corrected chi connectivity index (χ0v) is 17.0. The number of hydrogen-bond donors (Lipinski definition) is 1. The van der Waals surface area contributed by atoms with Gasteiger partial charge in [0, 0.05) is 38.2 Å². The van der Waals surface area contributed by atoms with Gasteiger partial charge >= 0.3 is 0 Å². The Morgan fingerprint density at radius 3 is 2.56 bits per heavy atom. The van der Waals surface area contributed by atoms with Gasteiger partial charge in [0.05, 0.1) is 15.6 Å². The maximum absolute atomic E-state index is 12.9. The second-order valence-electron chi connectivity index (χ2n) is 7.12. The molecule has 0 aliphatic carbocycles. The SMILES string of the molecule is CC1CCCN(c2c(S(C)(=O)=O)ccc(C(=O)c3c[nH]n(C)c3=O)c2Cl)C1. The fourth-order valence-corrected chi connectivity index (χ4v) is 4.80. The van der Waals surface area contributed by atoms with E-state index in [4.69, 9.17) is 11.6 Å². The minimum Gasteiger partial charge on any atom is -0.369 e. The van der Waals surface area contributed by atoms with Crippen molar-refractivity contribution < 1.29 is 13.2 Å². The van der Waals surface area contributed by atoms with Gasteiger partial charge in [-0.3, -0.25) is 14.3 Å². The average Bonchev–Trinajstić information content (AvgIpc) is 2.92. The minimum absolute atomic E-state index is 0.0375. The fraction of sp³-hybridized carbons (Fsp3) is 0.444. The fourth-order valence-electron chi connectivity index (χ4n) is 3.48. The van der Waals surface area contributed by atoms with Gasteiger partial charge in [0.1, 0.15) is 5.56 Å². The first kappa shape index (κ1) is 19.7. The van der Waals surface area contributed by atoms with Crippen molar-refractivity contribution in [3.63, 3.8) is 0 Å². The number of aryl methyl sites for hydroxylation is 1. The van der Waals surface area contributed by atoms with Crippen molar-refractivity contribution in [2.24, 2.45) is 13.0 Å². The number of carbonyl (C=O) groups is 1. The Hall–Kier alpha value is -2.06. The Bertz CT molecular complexity index is 1060. The van der Waals surface area contributed by atoms with E-state index in [-0.39, 0.29) is 21.0 Å². The zero-order valence-electron chi connectivity index (χ0n) is 15.5. The van der Waals surface area contributed by atoms with Gasteiger partial charge in [-0.05, 0) is 30.9 Å². The van der Waals surface area contributed by atoms with E-state index in [1.165, 1.54) is 30.1 Å². The molecule has 2 heterocycles. The van der Waals surface area contributed by atoms with E-state index in [0.717, 1.165) is 19.1 Å². The molecule has 9 heteroatoms. The number of sulfone groups is 1. The number of hydrogen-bond acceptors (Lipinski definition) is 5. The lowest BCUT2D eigenvalue weighted by Gasteiger charge is -2.34. The van der Waals surface area contributed by atoms with E-state index < -0.39 is 21.2 Å². The van der Waals surface area contributed by atoms with Gasteiger partial charge in [-0.1, -0.05) is 18.5 Å². The molecule has 27 heavy (non-hydrogen) atoms. The summed E-state index contributed by atoms with van der Waals surface area (Å²) in [6.07, 6.45) is 4.42. The van der Waals surface area contributed by atoms with Gasteiger partial charge in [0.25, 0.3) is 5.56 Å². The van der Waals surface area contributed by atoms with Crippen LogP contribution in [-0.4, -0.2) is 43.3 Å². The number of anilines is 1. The normalized spacial score (nSPS) is 17.9. The molecule has 1 atom stereocenters. The molecule has 1 aromatic heterocycles. The van der Waals surface area contributed by atoms with Crippen LogP contribution in [0.25, 0.3) is 0 Å². The smallest absolute Gasteiger partial charge is 0.277 e. The standard InChI is InChI=1S/C18H22ClN3O4S/c1-11-5-4-8-22(10-11)16-14(27(3,25)26)7-6-12(15(16)19)17(23)13-9-20-21(2)18(13)24/h6-7,9,11,20H,4-5,8,10H2,1-3H3. The van der Waals surface area contributed by atoms with Gasteiger partial charge in [-0.2, -0.15) is 0 Å². The van der Waals surface area contributed by atoms with Crippen LogP contribution in [0.4, 0.5) is 5.69 Å². The zero-order chi connectivity index (χ0) is 19.9. The van der Waals surface area contributed by atoms with Crippen LogP contribution in [0.15, 0.2) is 28.0 Å². The molecule has 0 spiro atoms. The molecule has 1 aliphatic rings. The first-order valence-corrected chi connectivity index (χ1v) is 10.9. The first-order valence-electron chi connectivity index (χ1n) is 8.68. The van der Waals surface area contributed by atoms with Crippen molar-refractivity contribution in [2.45, 2.75) is 24.7 Å². The number of nitrogens with zero attached hydrogens (tertiary/aromatic N) is 2. The van der Waals surface area contributed by atoms with Gasteiger partial charge in [0.2, 0.25) is 5.78 Å². The number of benzene rings is 1. The van der Waals surface area contributed by atoms with Crippen LogP contribution in [0.3, 0.4) is 0 Å². The second-order valence-corrected chi connectivity index (χ2v) is 9.48. The summed E-state index contributed by atoms with van der Waals surface area (Å²) in [5.41, 5.74) is -0.0289. The highest BCUT2D eigenvalue weighted by Gasteiger charge is 2.29. The Morgan fingerprint density at radius 1 is 1.30 bits per heavy atom. The molecule has 1 N–H and O–H groups in total. The summed E-state index contributed by atoms with van der Waals surface area (Å²) >= 11 is 6.56. The number of aromatic nitrogens is 2. The molecule has 1 aliphatic heterocycles. The van der Waals surface area contributed by atoms with E-state index in [1.54, 1.807) is 0 Å². The van der Waals surface area contributed by atoms with Crippen LogP contribution in [0.2, 0.25) is 5.02 Å².